The van der Waals surface area contributed by atoms with Gasteiger partial charge in [0.05, 0.1) is 11.0 Å². The summed E-state index contributed by atoms with van der Waals surface area (Å²) in [5, 5.41) is 11.9. The lowest BCUT2D eigenvalue weighted by atomic mass is 9.49. The van der Waals surface area contributed by atoms with Crippen LogP contribution in [0.4, 0.5) is 0 Å². The molecule has 0 unspecified atom stereocenters. The van der Waals surface area contributed by atoms with E-state index in [9.17, 15) is 14.7 Å². The van der Waals surface area contributed by atoms with Crippen LogP contribution in [0.3, 0.4) is 0 Å². The first-order valence-electron chi connectivity index (χ1n) is 10.5. The zero-order valence-corrected chi connectivity index (χ0v) is 17.1. The second-order valence-electron chi connectivity index (χ2n) is 9.43. The van der Waals surface area contributed by atoms with Crippen LogP contribution >= 0.6 is 0 Å². The second kappa shape index (κ2) is 6.03. The Hall–Kier alpha value is -1.96. The van der Waals surface area contributed by atoms with Crippen molar-refractivity contribution in [1.29, 1.82) is 0 Å². The van der Waals surface area contributed by atoms with Crippen LogP contribution in [0.1, 0.15) is 44.2 Å². The van der Waals surface area contributed by atoms with Gasteiger partial charge in [-0.1, -0.05) is 19.9 Å². The SMILES string of the molecule is CC(C)[C@H](N)C(=O)Oc1ccc2c3c1O[C@H]1C(=O)CC[C@@]4(O)[C@@H](C2)N(C)CC[C@]314. The molecule has 2 aliphatic heterocycles. The lowest BCUT2D eigenvalue weighted by Gasteiger charge is -2.62. The van der Waals surface area contributed by atoms with Crippen molar-refractivity contribution >= 4 is 11.8 Å². The molecule has 0 aromatic heterocycles. The summed E-state index contributed by atoms with van der Waals surface area (Å²) >= 11 is 0. The van der Waals surface area contributed by atoms with Crippen molar-refractivity contribution in [2.75, 3.05) is 13.6 Å². The minimum Gasteiger partial charge on any atom is -0.477 e. The number of Topliss-reactive ketones (excluding diaryl/α,β-unsaturated/α-hetero) is 1. The summed E-state index contributed by atoms with van der Waals surface area (Å²) in [5.74, 6) is 0.163. The molecular weight excluding hydrogens is 372 g/mol. The summed E-state index contributed by atoms with van der Waals surface area (Å²) in [5.41, 5.74) is 6.08. The molecule has 1 saturated heterocycles. The first-order chi connectivity index (χ1) is 13.7. The second-order valence-corrected chi connectivity index (χ2v) is 9.43. The van der Waals surface area contributed by atoms with E-state index >= 15 is 0 Å². The van der Waals surface area contributed by atoms with Crippen molar-refractivity contribution in [2.24, 2.45) is 11.7 Å². The first-order valence-corrected chi connectivity index (χ1v) is 10.5. The van der Waals surface area contributed by atoms with Gasteiger partial charge in [0.15, 0.2) is 23.4 Å². The Morgan fingerprint density at radius 2 is 2.14 bits per heavy atom. The summed E-state index contributed by atoms with van der Waals surface area (Å²) in [6, 6.07) is 2.88. The van der Waals surface area contributed by atoms with Gasteiger partial charge in [0.1, 0.15) is 6.04 Å². The number of nitrogens with two attached hydrogens (primary N) is 1. The number of nitrogens with zero attached hydrogens (tertiary/aromatic N) is 1. The van der Waals surface area contributed by atoms with E-state index < -0.39 is 29.1 Å². The Balaban J connectivity index is 1.66. The smallest absolute Gasteiger partial charge is 0.328 e. The first kappa shape index (κ1) is 19.0. The summed E-state index contributed by atoms with van der Waals surface area (Å²) in [7, 11) is 2.03. The van der Waals surface area contributed by atoms with Gasteiger partial charge in [-0.05, 0) is 50.4 Å². The molecule has 7 heteroatoms. The number of likely N-dealkylation sites (tertiary alicyclic amines) is 1. The molecule has 2 bridgehead atoms. The fourth-order valence-corrected chi connectivity index (χ4v) is 6.05. The van der Waals surface area contributed by atoms with Gasteiger partial charge < -0.3 is 25.2 Å². The number of ether oxygens (including phenoxy) is 2. The van der Waals surface area contributed by atoms with Crippen LogP contribution in [0.5, 0.6) is 11.5 Å². The summed E-state index contributed by atoms with van der Waals surface area (Å²) in [4.78, 5) is 27.6. The highest BCUT2D eigenvalue weighted by molar-refractivity contribution is 5.90. The molecular formula is C22H28N2O5. The van der Waals surface area contributed by atoms with E-state index in [0.717, 1.165) is 17.7 Å². The molecule has 0 amide bonds. The van der Waals surface area contributed by atoms with Crippen molar-refractivity contribution in [3.05, 3.63) is 23.3 Å². The van der Waals surface area contributed by atoms with Gasteiger partial charge in [0.25, 0.3) is 0 Å². The van der Waals surface area contributed by atoms with Crippen LogP contribution in [-0.4, -0.2) is 59.1 Å². The molecule has 5 atom stereocenters. The van der Waals surface area contributed by atoms with Crippen LogP contribution in [-0.2, 0) is 21.4 Å². The lowest BCUT2D eigenvalue weighted by Crippen LogP contribution is -2.76. The number of hydrogen-bond acceptors (Lipinski definition) is 7. The Kier molecular flexibility index (Phi) is 3.96. The van der Waals surface area contributed by atoms with E-state index in [-0.39, 0.29) is 17.7 Å². The van der Waals surface area contributed by atoms with E-state index in [1.165, 1.54) is 0 Å². The fourth-order valence-electron chi connectivity index (χ4n) is 6.05. The molecule has 1 saturated carbocycles. The number of likely N-dealkylation sites (N-methyl/N-ethyl adjacent to an activating group) is 1. The van der Waals surface area contributed by atoms with Crippen LogP contribution in [0, 0.1) is 5.92 Å². The predicted octanol–water partition coefficient (Wildman–Crippen LogP) is 0.928. The van der Waals surface area contributed by atoms with Crippen LogP contribution in [0.2, 0.25) is 0 Å². The molecule has 2 heterocycles. The van der Waals surface area contributed by atoms with E-state index in [2.05, 4.69) is 4.90 Å². The van der Waals surface area contributed by atoms with Crippen molar-refractivity contribution in [3.8, 4) is 11.5 Å². The number of esters is 1. The summed E-state index contributed by atoms with van der Waals surface area (Å²) < 4.78 is 11.8. The number of ketones is 1. The molecule has 3 N–H and O–H groups in total. The maximum atomic E-state index is 12.9. The van der Waals surface area contributed by atoms with Crippen molar-refractivity contribution in [2.45, 2.75) is 68.7 Å². The Morgan fingerprint density at radius 3 is 2.86 bits per heavy atom. The number of carbonyl (C=O) groups excluding carboxylic acids is 2. The van der Waals surface area contributed by atoms with Gasteiger partial charge in [0, 0.05) is 18.0 Å². The van der Waals surface area contributed by atoms with Gasteiger partial charge in [-0.15, -0.1) is 0 Å². The molecule has 4 aliphatic rings. The maximum Gasteiger partial charge on any atom is 0.328 e. The fraction of sp³-hybridized carbons (Fsp3) is 0.636. The minimum absolute atomic E-state index is 0.0122. The monoisotopic (exact) mass is 400 g/mol. The predicted molar refractivity (Wildman–Crippen MR) is 105 cm³/mol. The largest absolute Gasteiger partial charge is 0.477 e. The van der Waals surface area contributed by atoms with Gasteiger partial charge in [-0.3, -0.25) is 4.79 Å². The van der Waals surface area contributed by atoms with Gasteiger partial charge >= 0.3 is 5.97 Å². The molecule has 0 radical (unpaired) electrons. The summed E-state index contributed by atoms with van der Waals surface area (Å²) in [6.07, 6.45) is 1.31. The zero-order chi connectivity index (χ0) is 20.7. The molecule has 1 aromatic rings. The van der Waals surface area contributed by atoms with Crippen LogP contribution < -0.4 is 15.2 Å². The number of piperidine rings is 1. The third-order valence-electron chi connectivity index (χ3n) is 7.71. The highest BCUT2D eigenvalue weighted by Crippen LogP contribution is 2.64. The number of aliphatic hydroxyl groups is 1. The van der Waals surface area contributed by atoms with Gasteiger partial charge in [0.2, 0.25) is 0 Å². The normalized spacial score (nSPS) is 35.9. The van der Waals surface area contributed by atoms with E-state index in [0.29, 0.717) is 37.2 Å². The number of hydrogen-bond donors (Lipinski definition) is 2. The van der Waals surface area contributed by atoms with Crippen molar-refractivity contribution < 1.29 is 24.2 Å². The zero-order valence-electron chi connectivity index (χ0n) is 17.1. The third kappa shape index (κ3) is 2.24. The van der Waals surface area contributed by atoms with Crippen LogP contribution in [0.25, 0.3) is 0 Å². The highest BCUT2D eigenvalue weighted by Gasteiger charge is 2.72. The minimum atomic E-state index is -1.03. The number of benzene rings is 1. The Labute approximate surface area is 170 Å². The average molecular weight is 400 g/mol. The van der Waals surface area contributed by atoms with Gasteiger partial charge in [-0.2, -0.15) is 0 Å². The highest BCUT2D eigenvalue weighted by atomic mass is 16.6. The molecule has 2 aliphatic carbocycles. The van der Waals surface area contributed by atoms with Crippen LogP contribution in [0.15, 0.2) is 12.1 Å². The van der Waals surface area contributed by atoms with E-state index in [1.54, 1.807) is 6.07 Å². The molecule has 2 fully saturated rings. The number of carbonyl (C=O) groups is 2. The Bertz CT molecular complexity index is 915. The van der Waals surface area contributed by atoms with E-state index in [4.69, 9.17) is 15.2 Å². The molecule has 1 spiro atoms. The lowest BCUT2D eigenvalue weighted by molar-refractivity contribution is -0.185. The molecule has 5 rings (SSSR count). The Morgan fingerprint density at radius 1 is 1.38 bits per heavy atom. The summed E-state index contributed by atoms with van der Waals surface area (Å²) in [6.45, 7) is 4.50. The maximum absolute atomic E-state index is 12.9. The standard InChI is InChI=1S/C22H28N2O5/c1-11(2)17(23)20(26)28-14-5-4-12-10-15-22(27)7-6-13(25)19-21(22,8-9-24(15)3)16(12)18(14)29-19/h4-5,11,15,17,19,27H,6-10,23H2,1-3H3/t15-,17+,19+,21+,22-/m1/s1. The van der Waals surface area contributed by atoms with Gasteiger partial charge in [-0.25, -0.2) is 4.79 Å². The van der Waals surface area contributed by atoms with Crippen molar-refractivity contribution in [3.63, 3.8) is 0 Å². The van der Waals surface area contributed by atoms with Crippen molar-refractivity contribution in [1.82, 2.24) is 4.90 Å². The topological polar surface area (TPSA) is 102 Å². The quantitative estimate of drug-likeness (QED) is 0.575. The molecule has 156 valence electrons. The average Bonchev–Trinajstić information content (AvgIpc) is 3.04. The molecule has 1 aromatic carbocycles. The number of rotatable bonds is 3. The third-order valence-corrected chi connectivity index (χ3v) is 7.71. The van der Waals surface area contributed by atoms with E-state index in [1.807, 2.05) is 27.0 Å². The molecule has 29 heavy (non-hydrogen) atoms. The molecule has 7 nitrogen and oxygen atoms in total.